The number of nitrogens with zero attached hydrogens (tertiary/aromatic N) is 1. The minimum absolute atomic E-state index is 0.171. The molecule has 1 aromatic heterocycles. The summed E-state index contributed by atoms with van der Waals surface area (Å²) in [5.74, 6) is 1.45. The van der Waals surface area contributed by atoms with Crippen LogP contribution in [0.3, 0.4) is 0 Å². The molecule has 7 heteroatoms. The third-order valence-corrected chi connectivity index (χ3v) is 6.22. The summed E-state index contributed by atoms with van der Waals surface area (Å²) in [6.07, 6.45) is 5.61. The van der Waals surface area contributed by atoms with Crippen LogP contribution in [0.2, 0.25) is 0 Å². The van der Waals surface area contributed by atoms with E-state index in [4.69, 9.17) is 13.9 Å². The van der Waals surface area contributed by atoms with Crippen LogP contribution in [0.1, 0.15) is 38.7 Å². The summed E-state index contributed by atoms with van der Waals surface area (Å²) < 4.78 is 17.3. The van der Waals surface area contributed by atoms with E-state index in [0.717, 1.165) is 52.8 Å². The van der Waals surface area contributed by atoms with Gasteiger partial charge in [0, 0.05) is 60.3 Å². The maximum Gasteiger partial charge on any atom is 0.244 e. The van der Waals surface area contributed by atoms with Gasteiger partial charge in [0.1, 0.15) is 17.1 Å². The largest absolute Gasteiger partial charge is 0.496 e. The summed E-state index contributed by atoms with van der Waals surface area (Å²) in [6, 6.07) is 11.7. The molecule has 2 aromatic carbocycles. The van der Waals surface area contributed by atoms with Crippen molar-refractivity contribution in [2.24, 2.45) is 0 Å². The average Bonchev–Trinajstić information content (AvgIpc) is 3.46. The number of amides is 2. The third kappa shape index (κ3) is 5.50. The zero-order valence-corrected chi connectivity index (χ0v) is 20.6. The molecule has 35 heavy (non-hydrogen) atoms. The van der Waals surface area contributed by atoms with Crippen molar-refractivity contribution in [1.29, 1.82) is 0 Å². The number of allylic oxidation sites excluding steroid dienone is 1. The van der Waals surface area contributed by atoms with E-state index in [0.29, 0.717) is 37.4 Å². The number of likely N-dealkylation sites (tertiary alicyclic amines) is 1. The first-order chi connectivity index (χ1) is 17.0. The van der Waals surface area contributed by atoms with Crippen LogP contribution < -0.4 is 14.8 Å². The third-order valence-electron chi connectivity index (χ3n) is 6.22. The number of fused-ring (bicyclic) bond motifs is 1. The molecule has 0 bridgehead atoms. The molecule has 7 nitrogen and oxygen atoms in total. The molecule has 0 aliphatic carbocycles. The van der Waals surface area contributed by atoms with Gasteiger partial charge in [-0.25, -0.2) is 0 Å². The van der Waals surface area contributed by atoms with Crippen molar-refractivity contribution in [3.05, 3.63) is 54.3 Å². The number of furan rings is 1. The van der Waals surface area contributed by atoms with E-state index in [9.17, 15) is 9.59 Å². The van der Waals surface area contributed by atoms with Crippen LogP contribution >= 0.6 is 0 Å². The molecule has 2 heterocycles. The Hall–Kier alpha value is -3.74. The maximum absolute atomic E-state index is 12.6. The predicted octanol–water partition coefficient (Wildman–Crippen LogP) is 5.04. The van der Waals surface area contributed by atoms with Gasteiger partial charge < -0.3 is 24.1 Å². The quantitative estimate of drug-likeness (QED) is 0.328. The normalized spacial score (nSPS) is 14.0. The molecule has 1 N–H and O–H groups in total. The molecular formula is C28H32N2O5. The molecule has 0 saturated carbocycles. The zero-order chi connectivity index (χ0) is 24.8. The molecule has 0 radical (unpaired) electrons. The van der Waals surface area contributed by atoms with Gasteiger partial charge >= 0.3 is 0 Å². The Bertz CT molecular complexity index is 1240. The number of carbonyl (C=O) groups is 2. The number of carbonyl (C=O) groups excluding carboxylic acids is 2. The molecule has 1 saturated heterocycles. The van der Waals surface area contributed by atoms with Crippen molar-refractivity contribution in [3.63, 3.8) is 0 Å². The van der Waals surface area contributed by atoms with Crippen LogP contribution in [-0.2, 0) is 9.59 Å². The lowest BCUT2D eigenvalue weighted by Gasteiger charge is -2.15. The van der Waals surface area contributed by atoms with Crippen molar-refractivity contribution in [2.45, 2.75) is 33.1 Å². The minimum atomic E-state index is -0.171. The number of para-hydroxylation sites is 1. The van der Waals surface area contributed by atoms with E-state index in [2.05, 4.69) is 5.32 Å². The highest BCUT2D eigenvalue weighted by atomic mass is 16.5. The Morgan fingerprint density at radius 1 is 1.20 bits per heavy atom. The van der Waals surface area contributed by atoms with E-state index in [1.54, 1.807) is 19.4 Å². The van der Waals surface area contributed by atoms with E-state index in [1.165, 1.54) is 0 Å². The van der Waals surface area contributed by atoms with E-state index in [1.807, 2.05) is 55.1 Å². The van der Waals surface area contributed by atoms with Crippen LogP contribution in [-0.4, -0.2) is 50.1 Å². The van der Waals surface area contributed by atoms with Gasteiger partial charge in [0.15, 0.2) is 0 Å². The Morgan fingerprint density at radius 3 is 2.77 bits per heavy atom. The fraction of sp³-hybridized carbons (Fsp3) is 0.357. The first kappa shape index (κ1) is 24.4. The second-order valence-corrected chi connectivity index (χ2v) is 8.58. The van der Waals surface area contributed by atoms with Crippen LogP contribution in [0.4, 0.5) is 0 Å². The Labute approximate surface area is 205 Å². The van der Waals surface area contributed by atoms with Gasteiger partial charge in [-0.05, 0) is 44.4 Å². The Kier molecular flexibility index (Phi) is 7.75. The molecule has 3 aromatic rings. The Morgan fingerprint density at radius 2 is 2.03 bits per heavy atom. The van der Waals surface area contributed by atoms with Gasteiger partial charge in [0.05, 0.1) is 20.0 Å². The number of hydrogen-bond donors (Lipinski definition) is 1. The number of ether oxygens (including phenoxy) is 2. The van der Waals surface area contributed by atoms with Crippen molar-refractivity contribution in [3.8, 4) is 22.6 Å². The molecule has 0 spiro atoms. The van der Waals surface area contributed by atoms with Gasteiger partial charge in [-0.2, -0.15) is 0 Å². The van der Waals surface area contributed by atoms with Crippen LogP contribution in [0.15, 0.2) is 53.2 Å². The molecule has 1 fully saturated rings. The number of hydrogen-bond acceptors (Lipinski definition) is 5. The fourth-order valence-corrected chi connectivity index (χ4v) is 4.46. The maximum atomic E-state index is 12.6. The number of methoxy groups -OCH3 is 1. The van der Waals surface area contributed by atoms with Gasteiger partial charge in [-0.15, -0.1) is 0 Å². The molecule has 4 rings (SSSR count). The summed E-state index contributed by atoms with van der Waals surface area (Å²) >= 11 is 0. The van der Waals surface area contributed by atoms with Gasteiger partial charge in [-0.3, -0.25) is 9.59 Å². The monoisotopic (exact) mass is 476 g/mol. The van der Waals surface area contributed by atoms with Crippen molar-refractivity contribution < 1.29 is 23.5 Å². The van der Waals surface area contributed by atoms with Gasteiger partial charge in [0.25, 0.3) is 0 Å². The summed E-state index contributed by atoms with van der Waals surface area (Å²) in [5, 5.41) is 3.84. The van der Waals surface area contributed by atoms with Crippen molar-refractivity contribution in [2.75, 3.05) is 33.4 Å². The molecule has 184 valence electrons. The van der Waals surface area contributed by atoms with E-state index < -0.39 is 0 Å². The first-order valence-corrected chi connectivity index (χ1v) is 12.1. The van der Waals surface area contributed by atoms with E-state index >= 15 is 0 Å². The summed E-state index contributed by atoms with van der Waals surface area (Å²) in [7, 11) is 1.65. The van der Waals surface area contributed by atoms with Crippen LogP contribution in [0.25, 0.3) is 27.7 Å². The van der Waals surface area contributed by atoms with Crippen LogP contribution in [0, 0.1) is 0 Å². The minimum Gasteiger partial charge on any atom is -0.496 e. The first-order valence-electron chi connectivity index (χ1n) is 12.1. The summed E-state index contributed by atoms with van der Waals surface area (Å²) in [4.78, 5) is 26.2. The van der Waals surface area contributed by atoms with Crippen LogP contribution in [0.5, 0.6) is 11.5 Å². The Balaban J connectivity index is 1.55. The molecule has 1 aliphatic heterocycles. The summed E-state index contributed by atoms with van der Waals surface area (Å²) in [5.41, 5.74) is 4.16. The number of benzene rings is 2. The lowest BCUT2D eigenvalue weighted by Crippen LogP contribution is -2.30. The molecule has 0 atom stereocenters. The number of rotatable bonds is 10. The predicted molar refractivity (Wildman–Crippen MR) is 136 cm³/mol. The molecule has 2 amide bonds. The van der Waals surface area contributed by atoms with Gasteiger partial charge in [-0.1, -0.05) is 18.2 Å². The highest BCUT2D eigenvalue weighted by Crippen LogP contribution is 2.40. The second-order valence-electron chi connectivity index (χ2n) is 8.58. The standard InChI is InChI=1S/C28H32N2O5/c1-4-34-25-17-26-22(23(18-35-26)20-9-5-6-10-24(20)33-3)16-21(25)19(2)15-27(31)29-12-8-14-30-13-7-11-28(30)32/h5-6,9-10,15-18H,4,7-8,11-14H2,1-3H3,(H,29,31)/b19-15+. The van der Waals surface area contributed by atoms with Gasteiger partial charge in [0.2, 0.25) is 11.8 Å². The highest BCUT2D eigenvalue weighted by Gasteiger charge is 2.19. The van der Waals surface area contributed by atoms with Crippen molar-refractivity contribution in [1.82, 2.24) is 10.2 Å². The summed E-state index contributed by atoms with van der Waals surface area (Å²) in [6.45, 7) is 6.33. The lowest BCUT2D eigenvalue weighted by molar-refractivity contribution is -0.127. The lowest BCUT2D eigenvalue weighted by atomic mass is 9.98. The SMILES string of the molecule is CCOc1cc2occ(-c3ccccc3OC)c2cc1/C(C)=C/C(=O)NCCCN1CCCC1=O. The molecule has 0 unspecified atom stereocenters. The van der Waals surface area contributed by atoms with Crippen molar-refractivity contribution >= 4 is 28.4 Å². The zero-order valence-electron chi connectivity index (χ0n) is 20.6. The van der Waals surface area contributed by atoms with E-state index in [-0.39, 0.29) is 11.8 Å². The fourth-order valence-electron chi connectivity index (χ4n) is 4.46. The smallest absolute Gasteiger partial charge is 0.244 e. The topological polar surface area (TPSA) is 81.0 Å². The second kappa shape index (κ2) is 11.1. The number of nitrogens with one attached hydrogen (secondary N) is 1. The average molecular weight is 477 g/mol. The molecule has 1 aliphatic rings. The molecular weight excluding hydrogens is 444 g/mol. The highest BCUT2D eigenvalue weighted by molar-refractivity contribution is 6.01.